The molecule has 4 rings (SSSR count). The van der Waals surface area contributed by atoms with Crippen molar-refractivity contribution < 1.29 is 32.0 Å². The largest absolute Gasteiger partial charge is 0.435 e. The molecule has 0 bridgehead atoms. The first-order chi connectivity index (χ1) is 15.9. The van der Waals surface area contributed by atoms with Crippen LogP contribution in [0.4, 0.5) is 17.6 Å². The first-order valence-corrected chi connectivity index (χ1v) is 11.2. The minimum absolute atomic E-state index is 0.0373. The van der Waals surface area contributed by atoms with Gasteiger partial charge in [-0.15, -0.1) is 0 Å². The predicted molar refractivity (Wildman–Crippen MR) is 121 cm³/mol. The van der Waals surface area contributed by atoms with Crippen LogP contribution in [-0.4, -0.2) is 29.7 Å². The van der Waals surface area contributed by atoms with Crippen LogP contribution in [0.2, 0.25) is 10.0 Å². The van der Waals surface area contributed by atoms with Crippen molar-refractivity contribution in [3.63, 3.8) is 0 Å². The van der Waals surface area contributed by atoms with Gasteiger partial charge < -0.3 is 15.0 Å². The Hall–Kier alpha value is -2.37. The van der Waals surface area contributed by atoms with Gasteiger partial charge in [0.15, 0.2) is 5.82 Å². The number of halogens is 7. The number of alkyl halides is 3. The van der Waals surface area contributed by atoms with E-state index >= 15 is 0 Å². The van der Waals surface area contributed by atoms with Crippen LogP contribution < -0.4 is 5.32 Å². The number of hydrogen-bond acceptors (Lipinski definition) is 5. The Morgan fingerprint density at radius 1 is 1.21 bits per heavy atom. The lowest BCUT2D eigenvalue weighted by atomic mass is 9.86. The molecule has 0 aliphatic carbocycles. The fourth-order valence-electron chi connectivity index (χ4n) is 3.52. The van der Waals surface area contributed by atoms with Crippen molar-refractivity contribution in [2.45, 2.75) is 37.8 Å². The van der Waals surface area contributed by atoms with Crippen molar-refractivity contribution in [3.05, 3.63) is 67.4 Å². The summed E-state index contributed by atoms with van der Waals surface area (Å²) in [6.45, 7) is 1.76. The number of carbonyl (C=O) groups is 1. The summed E-state index contributed by atoms with van der Waals surface area (Å²) in [5, 5.41) is 8.92. The van der Waals surface area contributed by atoms with Gasteiger partial charge in [-0.3, -0.25) is 4.79 Å². The summed E-state index contributed by atoms with van der Waals surface area (Å²) < 4.78 is 56.6. The van der Waals surface area contributed by atoms with Gasteiger partial charge in [-0.2, -0.15) is 13.2 Å². The highest BCUT2D eigenvalue weighted by Crippen LogP contribution is 2.50. The summed E-state index contributed by atoms with van der Waals surface area (Å²) in [7, 11) is 0. The van der Waals surface area contributed by atoms with Gasteiger partial charge in [0.05, 0.1) is 27.0 Å². The zero-order chi connectivity index (χ0) is 24.8. The molecule has 0 saturated carbocycles. The zero-order valence-electron chi connectivity index (χ0n) is 17.1. The molecule has 0 saturated heterocycles. The molecule has 2 heterocycles. The van der Waals surface area contributed by atoms with E-state index in [2.05, 4.69) is 31.6 Å². The highest BCUT2D eigenvalue weighted by atomic mass is 79.9. The van der Waals surface area contributed by atoms with Gasteiger partial charge in [-0.25, -0.2) is 4.39 Å². The van der Waals surface area contributed by atoms with E-state index in [-0.39, 0.29) is 16.8 Å². The Morgan fingerprint density at radius 3 is 2.44 bits per heavy atom. The molecular formula is C21H14BrCl2F4N3O3. The van der Waals surface area contributed by atoms with Gasteiger partial charge in [-0.05, 0) is 47.1 Å². The fourth-order valence-corrected chi connectivity index (χ4v) is 4.57. The number of carbonyl (C=O) groups excluding carboxylic acids is 1. The van der Waals surface area contributed by atoms with Crippen molar-refractivity contribution >= 4 is 56.5 Å². The Labute approximate surface area is 209 Å². The van der Waals surface area contributed by atoms with E-state index in [0.29, 0.717) is 10.9 Å². The number of rotatable bonds is 4. The second-order valence-electron chi connectivity index (χ2n) is 7.68. The molecule has 0 aromatic heterocycles. The first kappa shape index (κ1) is 24.7. The van der Waals surface area contributed by atoms with Crippen LogP contribution in [0.1, 0.15) is 41.3 Å². The maximum Gasteiger partial charge on any atom is 0.435 e. The highest BCUT2D eigenvalue weighted by molar-refractivity contribution is 9.10. The molecule has 0 spiro atoms. The van der Waals surface area contributed by atoms with E-state index in [1.807, 2.05) is 0 Å². The van der Waals surface area contributed by atoms with Crippen molar-refractivity contribution in [1.82, 2.24) is 5.32 Å². The first-order valence-electron chi connectivity index (χ1n) is 9.68. The van der Waals surface area contributed by atoms with Gasteiger partial charge in [0.2, 0.25) is 6.23 Å². The number of nitrogens with one attached hydrogen (secondary N) is 1. The highest BCUT2D eigenvalue weighted by Gasteiger charge is 2.62. The molecule has 13 heteroatoms. The van der Waals surface area contributed by atoms with Crippen molar-refractivity contribution in [1.29, 1.82) is 0 Å². The molecule has 1 amide bonds. The molecule has 2 aromatic carbocycles. The average Bonchev–Trinajstić information content (AvgIpc) is 3.38. The number of oxime groups is 2. The molecular weight excluding hydrogens is 569 g/mol. The topological polar surface area (TPSA) is 72.3 Å². The molecule has 6 nitrogen and oxygen atoms in total. The number of hydrogen-bond donors (Lipinski definition) is 1. The molecule has 0 radical (unpaired) electrons. The summed E-state index contributed by atoms with van der Waals surface area (Å²) in [5.41, 5.74) is -2.19. The van der Waals surface area contributed by atoms with E-state index in [4.69, 9.17) is 32.9 Å². The molecule has 1 unspecified atom stereocenters. The lowest BCUT2D eigenvalue weighted by molar-refractivity contribution is -0.275. The standard InChI is InChI=1S/C21H14BrCl2F4N3O3/c1-9-4-17(33-30-9)29-19(32)12-3-2-10(5-13(12)22)16-8-20(34-31-16,21(26,27)28)11-6-14(23)18(25)15(24)7-11/h2-3,5-7,17H,4,8H2,1H3,(H,29,32)/t17?,20-/m0/s1. The summed E-state index contributed by atoms with van der Waals surface area (Å²) >= 11 is 14.7. The summed E-state index contributed by atoms with van der Waals surface area (Å²) in [6, 6.07) is 5.95. The molecule has 2 aliphatic heterocycles. The van der Waals surface area contributed by atoms with E-state index in [0.717, 1.165) is 17.8 Å². The van der Waals surface area contributed by atoms with Crippen molar-refractivity contribution in [3.8, 4) is 0 Å². The maximum absolute atomic E-state index is 14.2. The summed E-state index contributed by atoms with van der Waals surface area (Å²) in [5.74, 6) is -1.50. The Morgan fingerprint density at radius 2 is 1.88 bits per heavy atom. The average molecular weight is 583 g/mol. The van der Waals surface area contributed by atoms with Crippen LogP contribution in [0, 0.1) is 5.82 Å². The molecule has 0 fully saturated rings. The molecule has 34 heavy (non-hydrogen) atoms. The summed E-state index contributed by atoms with van der Waals surface area (Å²) in [4.78, 5) is 22.5. The van der Waals surface area contributed by atoms with Gasteiger partial charge in [0, 0.05) is 28.4 Å². The van der Waals surface area contributed by atoms with Crippen LogP contribution >= 0.6 is 39.1 Å². The second-order valence-corrected chi connectivity index (χ2v) is 9.35. The predicted octanol–water partition coefficient (Wildman–Crippen LogP) is 6.33. The molecule has 2 aliphatic rings. The Bertz CT molecular complexity index is 1220. The minimum Gasteiger partial charge on any atom is -0.374 e. The van der Waals surface area contributed by atoms with Crippen LogP contribution in [0.3, 0.4) is 0 Å². The lowest BCUT2D eigenvalue weighted by Gasteiger charge is -2.29. The third-order valence-electron chi connectivity index (χ3n) is 5.29. The monoisotopic (exact) mass is 581 g/mol. The third-order valence-corrected chi connectivity index (χ3v) is 6.50. The normalized spacial score (nSPS) is 22.1. The zero-order valence-corrected chi connectivity index (χ0v) is 20.2. The fraction of sp³-hybridized carbons (Fsp3) is 0.286. The van der Waals surface area contributed by atoms with Crippen LogP contribution in [0.5, 0.6) is 0 Å². The smallest absolute Gasteiger partial charge is 0.374 e. The van der Waals surface area contributed by atoms with Gasteiger partial charge in [0.25, 0.3) is 11.5 Å². The van der Waals surface area contributed by atoms with Crippen LogP contribution in [-0.2, 0) is 15.3 Å². The second kappa shape index (κ2) is 9.01. The Kier molecular flexibility index (Phi) is 6.56. The third kappa shape index (κ3) is 4.48. The van der Waals surface area contributed by atoms with Gasteiger partial charge in [-0.1, -0.05) is 39.6 Å². The quantitative estimate of drug-likeness (QED) is 0.338. The van der Waals surface area contributed by atoms with E-state index in [1.54, 1.807) is 6.92 Å². The number of benzene rings is 2. The molecule has 180 valence electrons. The van der Waals surface area contributed by atoms with E-state index < -0.39 is 51.8 Å². The SMILES string of the molecule is CC1=NOC(NC(=O)c2ccc(C3=NO[C@@](c4cc(Cl)c(F)c(Cl)c4)(C(F)(F)F)C3)cc2Br)C1. The van der Waals surface area contributed by atoms with Gasteiger partial charge >= 0.3 is 6.18 Å². The van der Waals surface area contributed by atoms with E-state index in [9.17, 15) is 22.4 Å². The van der Waals surface area contributed by atoms with Crippen LogP contribution in [0.25, 0.3) is 0 Å². The molecule has 2 aromatic rings. The number of nitrogens with zero attached hydrogens (tertiary/aromatic N) is 2. The van der Waals surface area contributed by atoms with Crippen LogP contribution in [0.15, 0.2) is 45.1 Å². The maximum atomic E-state index is 14.2. The van der Waals surface area contributed by atoms with Crippen molar-refractivity contribution in [2.75, 3.05) is 0 Å². The Balaban J connectivity index is 1.59. The van der Waals surface area contributed by atoms with Crippen molar-refractivity contribution in [2.24, 2.45) is 10.3 Å². The van der Waals surface area contributed by atoms with Gasteiger partial charge in [0.1, 0.15) is 0 Å². The number of amides is 1. The molecule has 1 N–H and O–H groups in total. The van der Waals surface area contributed by atoms with E-state index in [1.165, 1.54) is 18.2 Å². The minimum atomic E-state index is -4.93. The summed E-state index contributed by atoms with van der Waals surface area (Å²) in [6.07, 6.45) is -5.82. The lowest BCUT2D eigenvalue weighted by Crippen LogP contribution is -2.42. The molecule has 2 atom stereocenters.